The highest BCUT2D eigenvalue weighted by Gasteiger charge is 2.64. The molecule has 1 spiro atoms. The van der Waals surface area contributed by atoms with Crippen molar-refractivity contribution in [3.8, 4) is 0 Å². The number of pyridine rings is 1. The summed E-state index contributed by atoms with van der Waals surface area (Å²) in [6.07, 6.45) is 1.56. The smallest absolute Gasteiger partial charge is 0.269 e. The normalized spacial score (nSPS) is 24.3. The largest absolute Gasteiger partial charge is 0.324 e. The van der Waals surface area contributed by atoms with Gasteiger partial charge in [0.1, 0.15) is 11.2 Å². The minimum absolute atomic E-state index is 0.0219. The third-order valence-corrected chi connectivity index (χ3v) is 6.59. The molecule has 160 valence electrons. The van der Waals surface area contributed by atoms with Gasteiger partial charge in [0.2, 0.25) is 5.91 Å². The fourth-order valence-electron chi connectivity index (χ4n) is 5.21. The van der Waals surface area contributed by atoms with Gasteiger partial charge >= 0.3 is 0 Å². The SMILES string of the molecule is CN1C[C@H](c2ccc([N+](=O)[O-])cc2)[C@@H](C(=O)c2ccccn2)[C@]12C(=O)Nc1ccccc12. The lowest BCUT2D eigenvalue weighted by molar-refractivity contribution is -0.384. The number of aromatic nitrogens is 1. The maximum atomic E-state index is 13.9. The summed E-state index contributed by atoms with van der Waals surface area (Å²) in [6.45, 7) is 0.433. The highest BCUT2D eigenvalue weighted by Crippen LogP contribution is 2.55. The van der Waals surface area contributed by atoms with Crippen molar-refractivity contribution in [3.63, 3.8) is 0 Å². The summed E-state index contributed by atoms with van der Waals surface area (Å²) in [5.41, 5.74) is 1.28. The van der Waals surface area contributed by atoms with Crippen molar-refractivity contribution in [2.75, 3.05) is 18.9 Å². The van der Waals surface area contributed by atoms with E-state index in [9.17, 15) is 19.7 Å². The molecule has 1 N–H and O–H groups in total. The van der Waals surface area contributed by atoms with Crippen LogP contribution in [0.25, 0.3) is 0 Å². The van der Waals surface area contributed by atoms with Crippen LogP contribution in [-0.4, -0.2) is 40.1 Å². The van der Waals surface area contributed by atoms with E-state index in [4.69, 9.17) is 0 Å². The Morgan fingerprint density at radius 3 is 2.53 bits per heavy atom. The summed E-state index contributed by atoms with van der Waals surface area (Å²) in [6, 6.07) is 18.8. The zero-order valence-corrected chi connectivity index (χ0v) is 17.3. The number of nitro groups is 1. The molecule has 5 rings (SSSR count). The van der Waals surface area contributed by atoms with Gasteiger partial charge in [-0.05, 0) is 30.8 Å². The van der Waals surface area contributed by atoms with Crippen LogP contribution in [0.3, 0.4) is 0 Å². The first kappa shape index (κ1) is 20.0. The molecule has 32 heavy (non-hydrogen) atoms. The molecule has 1 amide bonds. The van der Waals surface area contributed by atoms with Gasteiger partial charge < -0.3 is 5.32 Å². The molecule has 8 heteroatoms. The van der Waals surface area contributed by atoms with Crippen LogP contribution in [-0.2, 0) is 10.3 Å². The summed E-state index contributed by atoms with van der Waals surface area (Å²) in [5, 5.41) is 14.1. The van der Waals surface area contributed by atoms with Crippen LogP contribution in [0.5, 0.6) is 0 Å². The maximum absolute atomic E-state index is 13.9. The van der Waals surface area contributed by atoms with Gasteiger partial charge in [0.15, 0.2) is 5.78 Å². The Morgan fingerprint density at radius 2 is 1.84 bits per heavy atom. The number of carbonyl (C=O) groups excluding carboxylic acids is 2. The van der Waals surface area contributed by atoms with E-state index in [0.29, 0.717) is 12.2 Å². The molecule has 3 aromatic rings. The van der Waals surface area contributed by atoms with Crippen LogP contribution >= 0.6 is 0 Å². The molecule has 2 aromatic carbocycles. The van der Waals surface area contributed by atoms with Crippen molar-refractivity contribution in [1.29, 1.82) is 0 Å². The van der Waals surface area contributed by atoms with E-state index in [0.717, 1.165) is 11.1 Å². The number of nitrogens with zero attached hydrogens (tertiary/aromatic N) is 3. The average Bonchev–Trinajstić information content (AvgIpc) is 3.29. The highest BCUT2D eigenvalue weighted by molar-refractivity contribution is 6.11. The van der Waals surface area contributed by atoms with E-state index < -0.39 is 16.4 Å². The van der Waals surface area contributed by atoms with E-state index in [1.165, 1.54) is 12.1 Å². The zero-order valence-electron chi connectivity index (χ0n) is 17.3. The number of non-ortho nitro benzene ring substituents is 1. The predicted molar refractivity (Wildman–Crippen MR) is 117 cm³/mol. The van der Waals surface area contributed by atoms with Gasteiger partial charge in [0, 0.05) is 42.0 Å². The third kappa shape index (κ3) is 2.76. The first-order chi connectivity index (χ1) is 15.4. The minimum atomic E-state index is -1.20. The number of hydrogen-bond acceptors (Lipinski definition) is 6. The van der Waals surface area contributed by atoms with Crippen molar-refractivity contribution in [1.82, 2.24) is 9.88 Å². The number of ketones is 1. The quantitative estimate of drug-likeness (QED) is 0.388. The average molecular weight is 428 g/mol. The van der Waals surface area contributed by atoms with E-state index in [1.807, 2.05) is 36.2 Å². The van der Waals surface area contributed by atoms with Crippen LogP contribution in [0.1, 0.15) is 27.5 Å². The zero-order chi connectivity index (χ0) is 22.5. The number of amides is 1. The number of Topliss-reactive ketones (excluding diaryl/α,β-unsaturated/α-hetero) is 1. The molecular weight excluding hydrogens is 408 g/mol. The number of benzene rings is 2. The monoisotopic (exact) mass is 428 g/mol. The minimum Gasteiger partial charge on any atom is -0.324 e. The Balaban J connectivity index is 1.70. The van der Waals surface area contributed by atoms with Crippen LogP contribution in [0.15, 0.2) is 72.9 Å². The summed E-state index contributed by atoms with van der Waals surface area (Å²) in [5.74, 6) is -1.59. The maximum Gasteiger partial charge on any atom is 0.269 e. The van der Waals surface area contributed by atoms with Crippen LogP contribution < -0.4 is 5.32 Å². The van der Waals surface area contributed by atoms with Crippen LogP contribution in [0.2, 0.25) is 0 Å². The molecule has 2 aliphatic heterocycles. The molecular formula is C24H20N4O4. The number of nitro benzene ring substituents is 1. The van der Waals surface area contributed by atoms with Gasteiger partial charge in [-0.25, -0.2) is 0 Å². The first-order valence-corrected chi connectivity index (χ1v) is 10.3. The van der Waals surface area contributed by atoms with Crippen molar-refractivity contribution < 1.29 is 14.5 Å². The van der Waals surface area contributed by atoms with Crippen molar-refractivity contribution >= 4 is 23.1 Å². The molecule has 3 heterocycles. The second-order valence-corrected chi connectivity index (χ2v) is 8.16. The Labute approximate surface area is 184 Å². The molecule has 3 atom stereocenters. The van der Waals surface area contributed by atoms with Crippen molar-refractivity contribution in [2.24, 2.45) is 5.92 Å². The summed E-state index contributed by atoms with van der Waals surface area (Å²) in [4.78, 5) is 44.2. The lowest BCUT2D eigenvalue weighted by Gasteiger charge is -2.35. The molecule has 0 bridgehead atoms. The van der Waals surface area contributed by atoms with Crippen LogP contribution in [0, 0.1) is 16.0 Å². The molecule has 1 saturated heterocycles. The van der Waals surface area contributed by atoms with Gasteiger partial charge in [0.25, 0.3) is 5.69 Å². The van der Waals surface area contributed by atoms with Gasteiger partial charge in [-0.15, -0.1) is 0 Å². The Bertz CT molecular complexity index is 1230. The van der Waals surface area contributed by atoms with E-state index in [2.05, 4.69) is 10.3 Å². The second kappa shape index (κ2) is 7.35. The summed E-state index contributed by atoms with van der Waals surface area (Å²) in [7, 11) is 1.84. The molecule has 0 aliphatic carbocycles. The van der Waals surface area contributed by atoms with Crippen LogP contribution in [0.4, 0.5) is 11.4 Å². The molecule has 1 fully saturated rings. The second-order valence-electron chi connectivity index (χ2n) is 8.16. The number of likely N-dealkylation sites (tertiary alicyclic amines) is 1. The van der Waals surface area contributed by atoms with E-state index >= 15 is 0 Å². The fraction of sp³-hybridized carbons (Fsp3) is 0.208. The summed E-state index contributed by atoms with van der Waals surface area (Å²) < 4.78 is 0. The molecule has 0 saturated carbocycles. The topological polar surface area (TPSA) is 105 Å². The number of anilines is 1. The van der Waals surface area contributed by atoms with Gasteiger partial charge in [-0.3, -0.25) is 29.6 Å². The molecule has 1 aromatic heterocycles. The first-order valence-electron chi connectivity index (χ1n) is 10.3. The summed E-state index contributed by atoms with van der Waals surface area (Å²) >= 11 is 0. The molecule has 2 aliphatic rings. The van der Waals surface area contributed by atoms with Gasteiger partial charge in [0.05, 0.1) is 10.8 Å². The fourth-order valence-corrected chi connectivity index (χ4v) is 5.21. The van der Waals surface area contributed by atoms with Gasteiger partial charge in [-0.1, -0.05) is 36.4 Å². The van der Waals surface area contributed by atoms with E-state index in [-0.39, 0.29) is 29.0 Å². The Morgan fingerprint density at radius 1 is 1.12 bits per heavy atom. The number of likely N-dealkylation sites (N-methyl/N-ethyl adjacent to an activating group) is 1. The lowest BCUT2D eigenvalue weighted by Crippen LogP contribution is -2.51. The lowest BCUT2D eigenvalue weighted by atomic mass is 9.71. The number of nitrogens with one attached hydrogen (secondary N) is 1. The van der Waals surface area contributed by atoms with Crippen molar-refractivity contribution in [2.45, 2.75) is 11.5 Å². The van der Waals surface area contributed by atoms with Gasteiger partial charge in [-0.2, -0.15) is 0 Å². The third-order valence-electron chi connectivity index (χ3n) is 6.59. The molecule has 0 radical (unpaired) electrons. The number of fused-ring (bicyclic) bond motifs is 2. The number of para-hydroxylation sites is 1. The number of rotatable bonds is 4. The highest BCUT2D eigenvalue weighted by atomic mass is 16.6. The van der Waals surface area contributed by atoms with Crippen molar-refractivity contribution in [3.05, 3.63) is 99.9 Å². The van der Waals surface area contributed by atoms with E-state index in [1.54, 1.807) is 36.5 Å². The molecule has 8 nitrogen and oxygen atoms in total. The Hall–Kier alpha value is -3.91. The predicted octanol–water partition coefficient (Wildman–Crippen LogP) is 3.37. The number of carbonyl (C=O) groups is 2. The standard InChI is InChI=1S/C24H20N4O4/c1-27-14-17(15-9-11-16(12-10-15)28(31)32)21(22(29)20-8-4-5-13-25-20)24(27)18-6-2-3-7-19(18)26-23(24)30/h2-13,17,21H,14H2,1H3,(H,26,30)/t17-,21+,24-/m1/s1. The Kier molecular flexibility index (Phi) is 4.60. The molecule has 0 unspecified atom stereocenters. The number of hydrogen-bond donors (Lipinski definition) is 1.